The number of Topliss-reactive ketones (excluding diaryl/α,β-unsaturated/α-hetero) is 1. The molecule has 0 aliphatic carbocycles. The zero-order chi connectivity index (χ0) is 19.6. The van der Waals surface area contributed by atoms with Gasteiger partial charge in [0.2, 0.25) is 5.95 Å². The summed E-state index contributed by atoms with van der Waals surface area (Å²) in [6, 6.07) is 6.73. The van der Waals surface area contributed by atoms with Crippen molar-refractivity contribution < 1.29 is 9.53 Å². The molecule has 0 aliphatic heterocycles. The van der Waals surface area contributed by atoms with E-state index in [0.29, 0.717) is 23.8 Å². The van der Waals surface area contributed by atoms with Gasteiger partial charge in [0.15, 0.2) is 16.9 Å². The number of nitrogens with zero attached hydrogens (tertiary/aromatic N) is 3. The van der Waals surface area contributed by atoms with E-state index in [2.05, 4.69) is 15.3 Å². The van der Waals surface area contributed by atoms with E-state index in [1.807, 2.05) is 6.92 Å². The normalized spacial score (nSPS) is 10.9. The first kappa shape index (κ1) is 18.4. The third-order valence-electron chi connectivity index (χ3n) is 4.25. The first-order valence-electron chi connectivity index (χ1n) is 8.57. The van der Waals surface area contributed by atoms with Crippen LogP contribution in [0.5, 0.6) is 5.75 Å². The van der Waals surface area contributed by atoms with Gasteiger partial charge in [-0.2, -0.15) is 4.98 Å². The average Bonchev–Trinajstić information content (AvgIpc) is 3.03. The summed E-state index contributed by atoms with van der Waals surface area (Å²) in [5, 5.41) is 3.11. The molecule has 0 bridgehead atoms. The van der Waals surface area contributed by atoms with Crippen LogP contribution in [0.3, 0.4) is 0 Å². The number of carbonyl (C=O) groups is 1. The quantitative estimate of drug-likeness (QED) is 0.603. The van der Waals surface area contributed by atoms with E-state index < -0.39 is 11.2 Å². The fourth-order valence-electron chi connectivity index (χ4n) is 2.77. The summed E-state index contributed by atoms with van der Waals surface area (Å²) in [6.07, 6.45) is 0.838. The van der Waals surface area contributed by atoms with Crippen LogP contribution in [0.25, 0.3) is 11.2 Å². The van der Waals surface area contributed by atoms with Crippen molar-refractivity contribution in [3.63, 3.8) is 0 Å². The molecule has 2 N–H and O–H groups in total. The number of nitrogens with one attached hydrogen (secondary N) is 2. The number of hydrogen-bond donors (Lipinski definition) is 2. The summed E-state index contributed by atoms with van der Waals surface area (Å²) in [7, 11) is 3.07. The number of hydrogen-bond acceptors (Lipinski definition) is 6. The molecule has 0 saturated carbocycles. The predicted octanol–water partition coefficient (Wildman–Crippen LogP) is 1.14. The summed E-state index contributed by atoms with van der Waals surface area (Å²) in [6.45, 7) is 2.52. The van der Waals surface area contributed by atoms with Crippen molar-refractivity contribution in [3.8, 4) is 5.75 Å². The maximum Gasteiger partial charge on any atom is 0.329 e. The number of carbonyl (C=O) groups excluding carboxylic acids is 1. The molecule has 3 rings (SSSR count). The molecule has 2 aromatic heterocycles. The molecule has 9 heteroatoms. The zero-order valence-electron chi connectivity index (χ0n) is 15.4. The van der Waals surface area contributed by atoms with Crippen LogP contribution in [0.15, 0.2) is 33.9 Å². The van der Waals surface area contributed by atoms with Crippen molar-refractivity contribution in [2.45, 2.75) is 19.9 Å². The Kier molecular flexibility index (Phi) is 5.11. The molecule has 0 saturated heterocycles. The number of fused-ring (bicyclic) bond motifs is 1. The number of imidazole rings is 1. The van der Waals surface area contributed by atoms with Crippen LogP contribution < -0.4 is 21.3 Å². The molecule has 142 valence electrons. The highest BCUT2D eigenvalue weighted by Gasteiger charge is 2.19. The Morgan fingerprint density at radius 3 is 2.59 bits per heavy atom. The molecule has 2 heterocycles. The zero-order valence-corrected chi connectivity index (χ0v) is 15.4. The average molecular weight is 371 g/mol. The molecular formula is C18H21N5O4. The van der Waals surface area contributed by atoms with Crippen LogP contribution in [0.1, 0.15) is 23.7 Å². The topological polar surface area (TPSA) is 111 Å². The van der Waals surface area contributed by atoms with Crippen LogP contribution in [0, 0.1) is 0 Å². The lowest BCUT2D eigenvalue weighted by atomic mass is 10.1. The van der Waals surface area contributed by atoms with E-state index in [-0.39, 0.29) is 23.5 Å². The van der Waals surface area contributed by atoms with Gasteiger partial charge >= 0.3 is 5.69 Å². The predicted molar refractivity (Wildman–Crippen MR) is 102 cm³/mol. The van der Waals surface area contributed by atoms with Crippen LogP contribution in [-0.4, -0.2) is 38.5 Å². The standard InChI is InChI=1S/C18H21N5O4/c1-4-9-19-17-20-15-14(16(25)21-18(26)22(15)2)23(17)10-13(24)11-5-7-12(27-3)8-6-11/h5-8H,4,9-10H2,1-3H3,(H,19,20)(H,21,25,26). The summed E-state index contributed by atoms with van der Waals surface area (Å²) in [4.78, 5) is 43.6. The second kappa shape index (κ2) is 7.48. The molecule has 0 radical (unpaired) electrons. The second-order valence-corrected chi connectivity index (χ2v) is 6.09. The Labute approximate surface area is 154 Å². The SMILES string of the molecule is CCCNc1nc2c(c(=O)[nH]c(=O)n2C)n1CC(=O)c1ccc(OC)cc1. The minimum absolute atomic E-state index is 0.0871. The third-order valence-corrected chi connectivity index (χ3v) is 4.25. The van der Waals surface area contributed by atoms with E-state index in [4.69, 9.17) is 4.74 Å². The van der Waals surface area contributed by atoms with Crippen LogP contribution in [0.2, 0.25) is 0 Å². The van der Waals surface area contributed by atoms with Crippen molar-refractivity contribution in [1.82, 2.24) is 19.1 Å². The Bertz CT molecular complexity index is 1090. The van der Waals surface area contributed by atoms with Gasteiger partial charge in [-0.05, 0) is 30.7 Å². The molecule has 1 aromatic carbocycles. The summed E-state index contributed by atoms with van der Waals surface area (Å²) >= 11 is 0. The number of anilines is 1. The summed E-state index contributed by atoms with van der Waals surface area (Å²) < 4.78 is 7.86. The first-order valence-corrected chi connectivity index (χ1v) is 8.57. The number of rotatable bonds is 7. The highest BCUT2D eigenvalue weighted by atomic mass is 16.5. The van der Waals surface area contributed by atoms with Gasteiger partial charge in [0.25, 0.3) is 5.56 Å². The molecule has 27 heavy (non-hydrogen) atoms. The number of aryl methyl sites for hydroxylation is 1. The van der Waals surface area contributed by atoms with E-state index in [1.54, 1.807) is 31.4 Å². The lowest BCUT2D eigenvalue weighted by molar-refractivity contribution is 0.0974. The molecule has 0 aliphatic rings. The van der Waals surface area contributed by atoms with Crippen molar-refractivity contribution in [2.75, 3.05) is 19.0 Å². The van der Waals surface area contributed by atoms with E-state index in [1.165, 1.54) is 16.2 Å². The Morgan fingerprint density at radius 1 is 1.26 bits per heavy atom. The number of H-pyrrole nitrogens is 1. The minimum Gasteiger partial charge on any atom is -0.497 e. The fraction of sp³-hybridized carbons (Fsp3) is 0.333. The van der Waals surface area contributed by atoms with Gasteiger partial charge in [-0.25, -0.2) is 4.79 Å². The maximum atomic E-state index is 12.7. The molecule has 9 nitrogen and oxygen atoms in total. The van der Waals surface area contributed by atoms with Gasteiger partial charge in [0.1, 0.15) is 5.75 Å². The van der Waals surface area contributed by atoms with E-state index in [0.717, 1.165) is 6.42 Å². The monoisotopic (exact) mass is 371 g/mol. The molecule has 0 fully saturated rings. The smallest absolute Gasteiger partial charge is 0.329 e. The van der Waals surface area contributed by atoms with E-state index in [9.17, 15) is 14.4 Å². The number of methoxy groups -OCH3 is 1. The van der Waals surface area contributed by atoms with Gasteiger partial charge in [0.05, 0.1) is 13.7 Å². The lowest BCUT2D eigenvalue weighted by Crippen LogP contribution is -2.29. The number of ether oxygens (including phenoxy) is 1. The largest absolute Gasteiger partial charge is 0.497 e. The highest BCUT2D eigenvalue weighted by molar-refractivity contribution is 5.97. The third kappa shape index (κ3) is 3.48. The lowest BCUT2D eigenvalue weighted by Gasteiger charge is -2.09. The minimum atomic E-state index is -0.576. The second-order valence-electron chi connectivity index (χ2n) is 6.09. The molecule has 0 spiro atoms. The van der Waals surface area contributed by atoms with Gasteiger partial charge in [-0.3, -0.25) is 23.7 Å². The van der Waals surface area contributed by atoms with Gasteiger partial charge in [-0.1, -0.05) is 6.92 Å². The Morgan fingerprint density at radius 2 is 1.96 bits per heavy atom. The van der Waals surface area contributed by atoms with Crippen molar-refractivity contribution in [3.05, 3.63) is 50.7 Å². The van der Waals surface area contributed by atoms with Crippen molar-refractivity contribution in [1.29, 1.82) is 0 Å². The summed E-state index contributed by atoms with van der Waals surface area (Å²) in [5.41, 5.74) is -0.240. The number of ketones is 1. The van der Waals surface area contributed by atoms with Crippen molar-refractivity contribution >= 4 is 22.9 Å². The van der Waals surface area contributed by atoms with Crippen LogP contribution >= 0.6 is 0 Å². The van der Waals surface area contributed by atoms with Crippen LogP contribution in [-0.2, 0) is 13.6 Å². The first-order chi connectivity index (χ1) is 13.0. The number of aromatic nitrogens is 4. The van der Waals surface area contributed by atoms with Crippen molar-refractivity contribution in [2.24, 2.45) is 7.05 Å². The molecular weight excluding hydrogens is 350 g/mol. The fourth-order valence-corrected chi connectivity index (χ4v) is 2.77. The van der Waals surface area contributed by atoms with Gasteiger partial charge in [-0.15, -0.1) is 0 Å². The van der Waals surface area contributed by atoms with E-state index >= 15 is 0 Å². The summed E-state index contributed by atoms with van der Waals surface area (Å²) in [5.74, 6) is 0.835. The Balaban J connectivity index is 2.07. The highest BCUT2D eigenvalue weighted by Crippen LogP contribution is 2.18. The molecule has 0 amide bonds. The Hall–Kier alpha value is -3.36. The molecule has 0 atom stereocenters. The molecule has 3 aromatic rings. The number of benzene rings is 1. The maximum absolute atomic E-state index is 12.7. The number of aromatic amines is 1. The molecule has 0 unspecified atom stereocenters. The van der Waals surface area contributed by atoms with Gasteiger partial charge < -0.3 is 10.1 Å². The van der Waals surface area contributed by atoms with Crippen LogP contribution in [0.4, 0.5) is 5.95 Å². The van der Waals surface area contributed by atoms with Gasteiger partial charge in [0, 0.05) is 19.2 Å².